The maximum Gasteiger partial charge on any atom is 0.253 e. The summed E-state index contributed by atoms with van der Waals surface area (Å²) in [4.78, 5) is 15.2. The third-order valence-corrected chi connectivity index (χ3v) is 5.83. The normalized spacial score (nSPS) is 21.1. The number of aromatic nitrogens is 3. The van der Waals surface area contributed by atoms with E-state index in [0.717, 1.165) is 42.9 Å². The Labute approximate surface area is 156 Å². The van der Waals surface area contributed by atoms with Crippen LogP contribution in [-0.2, 0) is 13.6 Å². The van der Waals surface area contributed by atoms with Crippen LogP contribution in [0.2, 0.25) is 0 Å². The number of nitrogens with zero attached hydrogens (tertiary/aromatic N) is 4. The lowest BCUT2D eigenvalue weighted by Crippen LogP contribution is -2.42. The average Bonchev–Trinajstić information content (AvgIpc) is 3.15. The van der Waals surface area contributed by atoms with Gasteiger partial charge in [0.2, 0.25) is 0 Å². The molecule has 2 aromatic rings. The Bertz CT molecular complexity index is 775. The molecule has 2 atom stereocenters. The van der Waals surface area contributed by atoms with Crippen molar-refractivity contribution in [3.8, 4) is 0 Å². The van der Waals surface area contributed by atoms with Crippen LogP contribution >= 0.6 is 0 Å². The first kappa shape index (κ1) is 18.7. The number of carbonyl (C=O) groups excluding carboxylic acids is 1. The van der Waals surface area contributed by atoms with Crippen molar-refractivity contribution >= 4 is 5.91 Å². The summed E-state index contributed by atoms with van der Waals surface area (Å²) >= 11 is 0. The van der Waals surface area contributed by atoms with Crippen molar-refractivity contribution in [2.24, 2.45) is 13.0 Å². The first-order chi connectivity index (χ1) is 12.4. The molecule has 0 bridgehead atoms. The lowest BCUT2D eigenvalue weighted by atomic mass is 9.87. The zero-order valence-electron chi connectivity index (χ0n) is 16.6. The number of amides is 1. The number of aryl methyl sites for hydroxylation is 2. The van der Waals surface area contributed by atoms with E-state index in [9.17, 15) is 4.79 Å². The Balaban J connectivity index is 1.73. The molecule has 0 aliphatic carbocycles. The molecule has 1 fully saturated rings. The lowest BCUT2D eigenvalue weighted by Gasteiger charge is -2.39. The summed E-state index contributed by atoms with van der Waals surface area (Å²) in [5.74, 6) is 0.428. The van der Waals surface area contributed by atoms with E-state index in [1.54, 1.807) is 0 Å². The predicted octanol–water partition coefficient (Wildman–Crippen LogP) is 2.67. The molecule has 3 rings (SSSR count). The van der Waals surface area contributed by atoms with E-state index in [2.05, 4.69) is 46.8 Å². The first-order valence-electron chi connectivity index (χ1n) is 9.57. The molecule has 0 unspecified atom stereocenters. The van der Waals surface area contributed by atoms with Gasteiger partial charge in [-0.15, -0.1) is 0 Å². The van der Waals surface area contributed by atoms with Crippen LogP contribution in [-0.4, -0.2) is 45.3 Å². The summed E-state index contributed by atoms with van der Waals surface area (Å²) in [5.41, 5.74) is 4.20. The minimum Gasteiger partial charge on any atom is -0.352 e. The second kappa shape index (κ2) is 7.66. The molecule has 3 heterocycles. The highest BCUT2D eigenvalue weighted by Crippen LogP contribution is 2.34. The third kappa shape index (κ3) is 3.43. The van der Waals surface area contributed by atoms with Crippen molar-refractivity contribution in [1.29, 1.82) is 0 Å². The summed E-state index contributed by atoms with van der Waals surface area (Å²) in [5, 5.41) is 7.53. The van der Waals surface area contributed by atoms with Crippen LogP contribution in [0, 0.1) is 19.8 Å². The molecule has 0 saturated carbocycles. The molecule has 6 heteroatoms. The summed E-state index contributed by atoms with van der Waals surface area (Å²) < 4.78 is 4.14. The molecule has 0 radical (unpaired) electrons. The molecule has 1 aliphatic heterocycles. The highest BCUT2D eigenvalue weighted by Gasteiger charge is 2.32. The maximum absolute atomic E-state index is 12.8. The van der Waals surface area contributed by atoms with Gasteiger partial charge in [0.05, 0.1) is 17.3 Å². The summed E-state index contributed by atoms with van der Waals surface area (Å²) in [6.45, 7) is 8.85. The molecular weight excluding hydrogens is 326 g/mol. The van der Waals surface area contributed by atoms with Gasteiger partial charge < -0.3 is 9.88 Å². The van der Waals surface area contributed by atoms with E-state index in [-0.39, 0.29) is 5.91 Å². The second-order valence-electron chi connectivity index (χ2n) is 7.45. The zero-order valence-corrected chi connectivity index (χ0v) is 16.6. The Morgan fingerprint density at radius 1 is 1.35 bits per heavy atom. The second-order valence-corrected chi connectivity index (χ2v) is 7.45. The molecule has 0 aromatic carbocycles. The van der Waals surface area contributed by atoms with Crippen molar-refractivity contribution < 1.29 is 4.79 Å². The topological polar surface area (TPSA) is 55.1 Å². The van der Waals surface area contributed by atoms with E-state index >= 15 is 0 Å². The quantitative estimate of drug-likeness (QED) is 0.895. The van der Waals surface area contributed by atoms with Crippen molar-refractivity contribution in [3.63, 3.8) is 0 Å². The van der Waals surface area contributed by atoms with Gasteiger partial charge in [-0.25, -0.2) is 0 Å². The van der Waals surface area contributed by atoms with Crippen molar-refractivity contribution in [1.82, 2.24) is 24.6 Å². The molecule has 1 saturated heterocycles. The van der Waals surface area contributed by atoms with Crippen molar-refractivity contribution in [2.75, 3.05) is 20.1 Å². The maximum atomic E-state index is 12.8. The fraction of sp³-hybridized carbons (Fsp3) is 0.600. The molecule has 1 aliphatic rings. The van der Waals surface area contributed by atoms with Gasteiger partial charge in [-0.05, 0) is 65.3 Å². The largest absolute Gasteiger partial charge is 0.352 e. The standard InChI is InChI=1S/C20H31N5O/c1-6-25-14(2)12-17(15(25)3)20(26)21-13-16-8-7-11-23(4)19(16)18-9-10-22-24(18)5/h9-10,12,16,19H,6-8,11,13H2,1-5H3,(H,21,26)/t16-,19+/m0/s1. The van der Waals surface area contributed by atoms with Crippen LogP contribution < -0.4 is 5.32 Å². The SMILES string of the molecule is CCn1c(C)cc(C(=O)NC[C@@H]2CCCN(C)[C@H]2c2ccnn2C)c1C. The first-order valence-corrected chi connectivity index (χ1v) is 9.57. The van der Waals surface area contributed by atoms with Crippen LogP contribution in [0.5, 0.6) is 0 Å². The van der Waals surface area contributed by atoms with Crippen LogP contribution in [0.1, 0.15) is 53.2 Å². The van der Waals surface area contributed by atoms with E-state index < -0.39 is 0 Å². The number of nitrogens with one attached hydrogen (secondary N) is 1. The van der Waals surface area contributed by atoms with Crippen molar-refractivity contribution in [3.05, 3.63) is 41.0 Å². The lowest BCUT2D eigenvalue weighted by molar-refractivity contribution is 0.0879. The number of carbonyl (C=O) groups is 1. The van der Waals surface area contributed by atoms with E-state index in [0.29, 0.717) is 18.5 Å². The van der Waals surface area contributed by atoms with Gasteiger partial charge in [-0.3, -0.25) is 14.4 Å². The monoisotopic (exact) mass is 357 g/mol. The molecule has 1 N–H and O–H groups in total. The van der Waals surface area contributed by atoms with Crippen LogP contribution in [0.4, 0.5) is 0 Å². The Hall–Kier alpha value is -2.08. The molecule has 2 aromatic heterocycles. The minimum atomic E-state index is 0.0368. The predicted molar refractivity (Wildman–Crippen MR) is 103 cm³/mol. The minimum absolute atomic E-state index is 0.0368. The van der Waals surface area contributed by atoms with Gasteiger partial charge in [0.25, 0.3) is 5.91 Å². The Morgan fingerprint density at radius 2 is 2.12 bits per heavy atom. The number of piperidine rings is 1. The summed E-state index contributed by atoms with van der Waals surface area (Å²) in [6, 6.07) is 4.38. The van der Waals surface area contributed by atoms with Gasteiger partial charge in [-0.2, -0.15) is 5.10 Å². The molecule has 0 spiro atoms. The van der Waals surface area contributed by atoms with E-state index in [4.69, 9.17) is 0 Å². The summed E-state index contributed by atoms with van der Waals surface area (Å²) in [7, 11) is 4.16. The highest BCUT2D eigenvalue weighted by molar-refractivity contribution is 5.95. The molecule has 142 valence electrons. The molecular formula is C20H31N5O. The smallest absolute Gasteiger partial charge is 0.253 e. The van der Waals surface area contributed by atoms with Gasteiger partial charge >= 0.3 is 0 Å². The third-order valence-electron chi connectivity index (χ3n) is 5.83. The molecule has 6 nitrogen and oxygen atoms in total. The Kier molecular flexibility index (Phi) is 5.51. The van der Waals surface area contributed by atoms with Gasteiger partial charge in [0, 0.05) is 37.7 Å². The summed E-state index contributed by atoms with van der Waals surface area (Å²) in [6.07, 6.45) is 4.14. The van der Waals surface area contributed by atoms with Crippen LogP contribution in [0.25, 0.3) is 0 Å². The average molecular weight is 358 g/mol. The number of likely N-dealkylation sites (tertiary alicyclic amines) is 1. The highest BCUT2D eigenvalue weighted by atomic mass is 16.1. The van der Waals surface area contributed by atoms with E-state index in [1.165, 1.54) is 5.69 Å². The van der Waals surface area contributed by atoms with Gasteiger partial charge in [0.15, 0.2) is 0 Å². The van der Waals surface area contributed by atoms with Crippen LogP contribution in [0.15, 0.2) is 18.3 Å². The number of hydrogen-bond donors (Lipinski definition) is 1. The molecule has 26 heavy (non-hydrogen) atoms. The van der Waals surface area contributed by atoms with Gasteiger partial charge in [-0.1, -0.05) is 0 Å². The molecule has 1 amide bonds. The fourth-order valence-electron chi connectivity index (χ4n) is 4.45. The number of rotatable bonds is 5. The number of hydrogen-bond acceptors (Lipinski definition) is 3. The van der Waals surface area contributed by atoms with Crippen LogP contribution in [0.3, 0.4) is 0 Å². The van der Waals surface area contributed by atoms with Gasteiger partial charge in [0.1, 0.15) is 0 Å². The zero-order chi connectivity index (χ0) is 18.8. The van der Waals surface area contributed by atoms with Crippen molar-refractivity contribution in [2.45, 2.75) is 46.2 Å². The van der Waals surface area contributed by atoms with E-state index in [1.807, 2.05) is 30.9 Å². The Morgan fingerprint density at radius 3 is 2.73 bits per heavy atom. The fourth-order valence-corrected chi connectivity index (χ4v) is 4.45.